The maximum atomic E-state index is 16.0. The van der Waals surface area contributed by atoms with Gasteiger partial charge < -0.3 is 10.2 Å². The molecule has 1 N–H and O–H groups in total. The molecule has 5 aromatic carbocycles. The molecule has 40 heteroatoms. The monoisotopic (exact) mass is 1500 g/mol. The van der Waals surface area contributed by atoms with Crippen molar-refractivity contribution in [2.75, 3.05) is 37.6 Å². The van der Waals surface area contributed by atoms with Crippen LogP contribution in [0.2, 0.25) is 0 Å². The lowest BCUT2D eigenvalue weighted by Gasteiger charge is -2.18. The summed E-state index contributed by atoms with van der Waals surface area (Å²) in [4.78, 5) is -0.933. The molecule has 0 atom stereocenters. The minimum absolute atomic E-state index is 0.0417. The predicted molar refractivity (Wildman–Crippen MR) is 325 cm³/mol. The van der Waals surface area contributed by atoms with Gasteiger partial charge in [-0.25, -0.2) is 30.9 Å². The Morgan fingerprint density at radius 3 is 1.15 bits per heavy atom. The van der Waals surface area contributed by atoms with Crippen molar-refractivity contribution in [3.05, 3.63) is 160 Å². The van der Waals surface area contributed by atoms with Crippen LogP contribution in [0.15, 0.2) is 118 Å². The Bertz CT molecular complexity index is 5170. The molecule has 101 heavy (non-hydrogen) atoms. The third-order valence-corrected chi connectivity index (χ3v) is 19.2. The number of nitrogens with one attached hydrogen (secondary N) is 1. The number of aromatic nitrogens is 10. The molecule has 5 aromatic heterocycles. The number of alkyl halides is 21. The van der Waals surface area contributed by atoms with E-state index in [1.807, 2.05) is 0 Å². The van der Waals surface area contributed by atoms with E-state index in [2.05, 4.69) is 30.8 Å². The first-order valence-corrected chi connectivity index (χ1v) is 32.6. The van der Waals surface area contributed by atoms with Crippen LogP contribution in [0, 0.1) is 34.6 Å². The van der Waals surface area contributed by atoms with Crippen molar-refractivity contribution < 1.29 is 109 Å². The van der Waals surface area contributed by atoms with Crippen LogP contribution in [0.3, 0.4) is 0 Å². The second-order valence-electron chi connectivity index (χ2n) is 22.6. The zero-order chi connectivity index (χ0) is 75.1. The quantitative estimate of drug-likeness (QED) is 0.0808. The SMILES string of the molecule is CNc1ccc(-c2c(C(F)(F)F)nn(-n3nc(C(F)(F)F)c(-c4ccc(N(C)C)cc4)c3C)c2C)c(-n2nc(C(F)(F)F)c(-c3ccc(S(=O)(=O)C(F)(F)F)cc3-n3nc(C(F)(F)F)c(-c4ccc(SC(F)(F)F)cc4-n4nc(C(F)(F)F)c(-c5ccc(S(C)(=O)=O)cc5)c4C)c3C)c2C)c1. The van der Waals surface area contributed by atoms with Gasteiger partial charge >= 0.3 is 41.9 Å². The number of sulfone groups is 2. The largest absolute Gasteiger partial charge is 0.501 e. The molecule has 0 amide bonds. The van der Waals surface area contributed by atoms with Crippen molar-refractivity contribution in [3.8, 4) is 72.7 Å². The van der Waals surface area contributed by atoms with Crippen LogP contribution in [-0.2, 0) is 50.6 Å². The summed E-state index contributed by atoms with van der Waals surface area (Å²) in [5.41, 5.74) is -37.0. The van der Waals surface area contributed by atoms with Gasteiger partial charge in [-0.2, -0.15) is 117 Å². The molecule has 0 aliphatic carbocycles. The third-order valence-electron chi connectivity index (χ3n) is 15.9. The Morgan fingerprint density at radius 1 is 0.406 bits per heavy atom. The van der Waals surface area contributed by atoms with Crippen molar-refractivity contribution in [1.29, 1.82) is 0 Å². The number of rotatable bonds is 14. The average molecular weight is 1510 g/mol. The second-order valence-corrected chi connectivity index (χ2v) is 27.7. The highest BCUT2D eigenvalue weighted by molar-refractivity contribution is 8.00. The van der Waals surface area contributed by atoms with E-state index in [-0.39, 0.29) is 38.8 Å². The van der Waals surface area contributed by atoms with Crippen molar-refractivity contribution in [2.24, 2.45) is 0 Å². The predicted octanol–water partition coefficient (Wildman–Crippen LogP) is 17.3. The summed E-state index contributed by atoms with van der Waals surface area (Å²) >= 11 is -0.939. The van der Waals surface area contributed by atoms with Gasteiger partial charge in [-0.3, -0.25) is 0 Å². The van der Waals surface area contributed by atoms with Crippen LogP contribution in [0.5, 0.6) is 0 Å². The third kappa shape index (κ3) is 13.7. The standard InChI is InChI=1S/C61H45F21N12O4S3/c1-27-45(33-12-18-37(19-13-33)100(9,95)96)50(55(62,63)64)84-90(27)43-25-36(99-60(77,78)79)17-22-40(43)47-29(3)92(86-52(47)57(68,69)70)44-26-38(101(97,98)61(80,81)82)20-23-41(44)48-28(2)91(85-53(48)58(71,72)73)42-24-34(83-6)14-21-39(42)49-31(5)94(88-54(49)59(74,75)76)93-30(4)46(51(87-93)56(65,66)67)32-10-15-35(16-11-32)89(7)8/h10-26,83H,1-9H3. The highest BCUT2D eigenvalue weighted by Crippen LogP contribution is 2.51. The smallest absolute Gasteiger partial charge is 0.388 e. The summed E-state index contributed by atoms with van der Waals surface area (Å²) in [6.45, 7) is 4.26. The Hall–Kier alpha value is -9.47. The van der Waals surface area contributed by atoms with E-state index in [1.165, 1.54) is 31.3 Å². The fraction of sp³-hybridized carbons (Fsp3) is 0.262. The number of hydrogen-bond acceptors (Lipinski definition) is 12. The van der Waals surface area contributed by atoms with Gasteiger partial charge in [0.25, 0.3) is 9.84 Å². The van der Waals surface area contributed by atoms with E-state index >= 15 is 52.7 Å². The van der Waals surface area contributed by atoms with E-state index in [1.54, 1.807) is 19.0 Å². The molecule has 0 unspecified atom stereocenters. The average Bonchev–Trinajstić information content (AvgIpc) is 1.60. The van der Waals surface area contributed by atoms with E-state index in [0.29, 0.717) is 45.1 Å². The zero-order valence-corrected chi connectivity index (χ0v) is 55.0. The molecule has 0 saturated heterocycles. The first-order valence-electron chi connectivity index (χ1n) is 28.4. The Morgan fingerprint density at radius 2 is 0.743 bits per heavy atom. The lowest BCUT2D eigenvalue weighted by Crippen LogP contribution is -2.23. The summed E-state index contributed by atoms with van der Waals surface area (Å²) in [5.74, 6) is 0. The van der Waals surface area contributed by atoms with Crippen LogP contribution in [0.1, 0.15) is 56.9 Å². The number of anilines is 2. The molecular formula is C61H45F21N12O4S3. The second kappa shape index (κ2) is 25.0. The molecule has 0 aliphatic rings. The lowest BCUT2D eigenvalue weighted by atomic mass is 9.98. The van der Waals surface area contributed by atoms with Gasteiger partial charge in [-0.15, -0.1) is 10.2 Å². The van der Waals surface area contributed by atoms with E-state index in [0.717, 1.165) is 76.4 Å². The van der Waals surface area contributed by atoms with Gasteiger partial charge in [-0.1, -0.05) is 42.5 Å². The van der Waals surface area contributed by atoms with Gasteiger partial charge in [0.05, 0.1) is 38.2 Å². The maximum Gasteiger partial charge on any atom is 0.501 e. The van der Waals surface area contributed by atoms with Gasteiger partial charge in [0.1, 0.15) is 0 Å². The Balaban J connectivity index is 1.26. The van der Waals surface area contributed by atoms with Crippen molar-refractivity contribution >= 4 is 42.8 Å². The molecule has 0 radical (unpaired) electrons. The number of halogens is 21. The minimum Gasteiger partial charge on any atom is -0.388 e. The molecule has 0 bridgehead atoms. The van der Waals surface area contributed by atoms with Crippen LogP contribution in [0.25, 0.3) is 72.7 Å². The summed E-state index contributed by atoms with van der Waals surface area (Å²) in [6, 6.07) is 13.4. The van der Waals surface area contributed by atoms with Gasteiger partial charge in [0.15, 0.2) is 38.3 Å². The molecule has 0 spiro atoms. The summed E-state index contributed by atoms with van der Waals surface area (Å²) in [7, 11) is -6.25. The molecule has 10 aromatic rings. The first-order chi connectivity index (χ1) is 46.3. The molecule has 10 rings (SSSR count). The van der Waals surface area contributed by atoms with Crippen molar-refractivity contribution in [3.63, 3.8) is 0 Å². The van der Waals surface area contributed by atoms with Crippen LogP contribution in [0.4, 0.5) is 104 Å². The van der Waals surface area contributed by atoms with E-state index in [4.69, 9.17) is 0 Å². The zero-order valence-electron chi connectivity index (χ0n) is 52.5. The minimum atomic E-state index is -6.72. The van der Waals surface area contributed by atoms with Crippen molar-refractivity contribution in [2.45, 2.75) is 91.2 Å². The van der Waals surface area contributed by atoms with Crippen LogP contribution < -0.4 is 10.2 Å². The van der Waals surface area contributed by atoms with Crippen LogP contribution >= 0.6 is 11.8 Å². The molecule has 538 valence electrons. The molecule has 5 heterocycles. The number of thioether (sulfide) groups is 1. The molecule has 0 fully saturated rings. The number of benzene rings is 5. The molecule has 0 aliphatic heterocycles. The maximum absolute atomic E-state index is 16.0. The Kier molecular flexibility index (Phi) is 18.3. The van der Waals surface area contributed by atoms with Crippen LogP contribution in [-0.4, -0.2) is 104 Å². The summed E-state index contributed by atoms with van der Waals surface area (Å²) < 4.78 is 371. The fourth-order valence-electron chi connectivity index (χ4n) is 11.4. The lowest BCUT2D eigenvalue weighted by molar-refractivity contribution is -0.142. The number of hydrogen-bond donors (Lipinski definition) is 1. The molecule has 16 nitrogen and oxygen atoms in total. The first kappa shape index (κ1) is 74.2. The topological polar surface area (TPSA) is 173 Å². The summed E-state index contributed by atoms with van der Waals surface area (Å²) in [5, 5.41) is 20.7. The van der Waals surface area contributed by atoms with E-state index in [9.17, 15) is 56.3 Å². The normalized spacial score (nSPS) is 13.2. The van der Waals surface area contributed by atoms with Gasteiger partial charge in [0, 0.05) is 105 Å². The van der Waals surface area contributed by atoms with Crippen molar-refractivity contribution in [1.82, 2.24) is 49.1 Å². The Labute approximate surface area is 560 Å². The summed E-state index contributed by atoms with van der Waals surface area (Å²) in [6.07, 6.45) is -27.4. The highest BCUT2D eigenvalue weighted by Gasteiger charge is 2.50. The highest BCUT2D eigenvalue weighted by atomic mass is 32.2. The molecule has 0 saturated carbocycles. The van der Waals surface area contributed by atoms with Gasteiger partial charge in [0.2, 0.25) is 0 Å². The van der Waals surface area contributed by atoms with E-state index < -0.39 is 212 Å². The van der Waals surface area contributed by atoms with Gasteiger partial charge in [-0.05, 0) is 118 Å². The number of nitrogens with zero attached hydrogens (tertiary/aromatic N) is 11. The molecular weight excluding hydrogens is 1460 g/mol. The fourth-order valence-corrected chi connectivity index (χ4v) is 13.4.